The number of ether oxygens (including phenoxy) is 2. The topological polar surface area (TPSA) is 91.2 Å². The van der Waals surface area contributed by atoms with E-state index in [4.69, 9.17) is 21.1 Å². The molecule has 146 valence electrons. The summed E-state index contributed by atoms with van der Waals surface area (Å²) >= 11 is 10.7. The Morgan fingerprint density at radius 2 is 1.93 bits per heavy atom. The number of nitrogens with zero attached hydrogens (tertiary/aromatic N) is 4. The Bertz CT molecular complexity index is 983. The zero-order valence-electron chi connectivity index (χ0n) is 14.8. The van der Waals surface area contributed by atoms with E-state index in [2.05, 4.69) is 36.8 Å². The summed E-state index contributed by atoms with van der Waals surface area (Å²) in [6.45, 7) is 0. The van der Waals surface area contributed by atoms with Gasteiger partial charge in [0.2, 0.25) is 11.1 Å². The number of aromatic nitrogens is 4. The summed E-state index contributed by atoms with van der Waals surface area (Å²) in [5.74, 6) is 0.748. The number of halogens is 2. The summed E-state index contributed by atoms with van der Waals surface area (Å²) < 4.78 is 12.9. The lowest BCUT2D eigenvalue weighted by molar-refractivity contribution is -0.113. The minimum Gasteiger partial charge on any atom is -0.495 e. The lowest BCUT2D eigenvalue weighted by Crippen LogP contribution is -2.15. The fraction of sp³-hybridized carbons (Fsp3) is 0.176. The molecule has 1 amide bonds. The van der Waals surface area contributed by atoms with E-state index in [0.29, 0.717) is 27.4 Å². The van der Waals surface area contributed by atoms with E-state index in [1.807, 2.05) is 24.3 Å². The first-order valence-electron chi connectivity index (χ1n) is 7.90. The second kappa shape index (κ2) is 9.26. The minimum absolute atomic E-state index is 0.101. The summed E-state index contributed by atoms with van der Waals surface area (Å²) in [6, 6.07) is 10.7. The Labute approximate surface area is 178 Å². The second-order valence-electron chi connectivity index (χ2n) is 5.37. The molecule has 0 bridgehead atoms. The fourth-order valence-corrected chi connectivity index (χ4v) is 3.48. The van der Waals surface area contributed by atoms with Crippen molar-refractivity contribution in [2.45, 2.75) is 5.16 Å². The Hall–Kier alpha value is -2.30. The third kappa shape index (κ3) is 4.75. The van der Waals surface area contributed by atoms with E-state index in [1.54, 1.807) is 16.8 Å². The molecule has 0 aliphatic rings. The SMILES string of the molecule is COc1cc(OC)c(NC(=O)CSc2nnnn2-c2ccc(Br)cc2)cc1Cl. The molecule has 3 aromatic rings. The molecule has 0 aliphatic heterocycles. The average Bonchev–Trinajstić information content (AvgIpc) is 3.16. The van der Waals surface area contributed by atoms with Gasteiger partial charge in [0.15, 0.2) is 0 Å². The number of rotatable bonds is 7. The van der Waals surface area contributed by atoms with Crippen LogP contribution in [0, 0.1) is 0 Å². The summed E-state index contributed by atoms with van der Waals surface area (Å²) in [4.78, 5) is 12.4. The number of carbonyl (C=O) groups excluding carboxylic acids is 1. The van der Waals surface area contributed by atoms with Gasteiger partial charge in [-0.2, -0.15) is 4.68 Å². The lowest BCUT2D eigenvalue weighted by Gasteiger charge is -2.13. The number of thioether (sulfide) groups is 1. The molecule has 0 atom stereocenters. The van der Waals surface area contributed by atoms with E-state index in [1.165, 1.54) is 26.0 Å². The molecule has 2 aromatic carbocycles. The number of amides is 1. The highest BCUT2D eigenvalue weighted by molar-refractivity contribution is 9.10. The summed E-state index contributed by atoms with van der Waals surface area (Å²) in [5.41, 5.74) is 1.24. The molecule has 1 aromatic heterocycles. The first-order valence-corrected chi connectivity index (χ1v) is 10.1. The van der Waals surface area contributed by atoms with Crippen LogP contribution in [0.5, 0.6) is 11.5 Å². The molecule has 0 aliphatic carbocycles. The first kappa shape index (κ1) is 20.4. The van der Waals surface area contributed by atoms with Crippen LogP contribution >= 0.6 is 39.3 Å². The number of benzene rings is 2. The monoisotopic (exact) mass is 483 g/mol. The van der Waals surface area contributed by atoms with Crippen LogP contribution in [-0.2, 0) is 4.79 Å². The van der Waals surface area contributed by atoms with Crippen molar-refractivity contribution in [3.8, 4) is 17.2 Å². The molecule has 0 saturated carbocycles. The Balaban J connectivity index is 1.68. The maximum atomic E-state index is 12.4. The predicted octanol–water partition coefficient (Wildman–Crippen LogP) is 3.83. The van der Waals surface area contributed by atoms with Crippen molar-refractivity contribution in [2.75, 3.05) is 25.3 Å². The number of methoxy groups -OCH3 is 2. The van der Waals surface area contributed by atoms with Crippen molar-refractivity contribution in [3.05, 3.63) is 45.9 Å². The standard InChI is InChI=1S/C17H15BrClN5O3S/c1-26-14-8-15(27-2)13(7-12(14)19)20-16(25)9-28-17-21-22-23-24(17)11-5-3-10(18)4-6-11/h3-8H,9H2,1-2H3,(H,20,25). The van der Waals surface area contributed by atoms with Crippen LogP contribution in [0.3, 0.4) is 0 Å². The van der Waals surface area contributed by atoms with E-state index < -0.39 is 0 Å². The van der Waals surface area contributed by atoms with Crippen LogP contribution in [0.1, 0.15) is 0 Å². The smallest absolute Gasteiger partial charge is 0.234 e. The third-order valence-corrected chi connectivity index (χ3v) is 5.34. The van der Waals surface area contributed by atoms with Gasteiger partial charge in [-0.1, -0.05) is 39.3 Å². The van der Waals surface area contributed by atoms with E-state index in [9.17, 15) is 4.79 Å². The average molecular weight is 485 g/mol. The molecule has 0 fully saturated rings. The largest absolute Gasteiger partial charge is 0.495 e. The number of tetrazole rings is 1. The van der Waals surface area contributed by atoms with Gasteiger partial charge in [-0.05, 0) is 40.8 Å². The maximum absolute atomic E-state index is 12.4. The van der Waals surface area contributed by atoms with Gasteiger partial charge in [-0.25, -0.2) is 0 Å². The van der Waals surface area contributed by atoms with Gasteiger partial charge >= 0.3 is 0 Å². The van der Waals surface area contributed by atoms with Crippen molar-refractivity contribution >= 4 is 50.9 Å². The fourth-order valence-electron chi connectivity index (χ4n) is 2.29. The molecule has 8 nitrogen and oxygen atoms in total. The van der Waals surface area contributed by atoms with Gasteiger partial charge in [-0.15, -0.1) is 5.10 Å². The highest BCUT2D eigenvalue weighted by Crippen LogP contribution is 2.36. The summed E-state index contributed by atoms with van der Waals surface area (Å²) in [5, 5.41) is 15.3. The number of hydrogen-bond donors (Lipinski definition) is 1. The van der Waals surface area contributed by atoms with Crippen LogP contribution in [-0.4, -0.2) is 46.1 Å². The molecule has 3 rings (SSSR count). The van der Waals surface area contributed by atoms with Gasteiger partial charge < -0.3 is 14.8 Å². The number of carbonyl (C=O) groups is 1. The van der Waals surface area contributed by atoms with E-state index in [0.717, 1.165) is 10.2 Å². The van der Waals surface area contributed by atoms with Gasteiger partial charge in [0.1, 0.15) is 11.5 Å². The van der Waals surface area contributed by atoms with Gasteiger partial charge in [0, 0.05) is 10.5 Å². The minimum atomic E-state index is -0.255. The van der Waals surface area contributed by atoms with Gasteiger partial charge in [0.05, 0.1) is 36.4 Å². The van der Waals surface area contributed by atoms with Crippen LogP contribution < -0.4 is 14.8 Å². The highest BCUT2D eigenvalue weighted by atomic mass is 79.9. The van der Waals surface area contributed by atoms with Crippen molar-refractivity contribution in [2.24, 2.45) is 0 Å². The Kier molecular flexibility index (Phi) is 6.76. The highest BCUT2D eigenvalue weighted by Gasteiger charge is 2.15. The molecule has 28 heavy (non-hydrogen) atoms. The molecule has 1 heterocycles. The normalized spacial score (nSPS) is 10.6. The summed E-state index contributed by atoms with van der Waals surface area (Å²) in [7, 11) is 3.00. The van der Waals surface area contributed by atoms with Crippen molar-refractivity contribution in [3.63, 3.8) is 0 Å². The zero-order valence-corrected chi connectivity index (χ0v) is 18.0. The zero-order chi connectivity index (χ0) is 20.1. The van der Waals surface area contributed by atoms with Crippen LogP contribution in [0.15, 0.2) is 46.0 Å². The molecule has 0 radical (unpaired) electrons. The molecule has 11 heteroatoms. The van der Waals surface area contributed by atoms with Crippen LogP contribution in [0.2, 0.25) is 5.02 Å². The number of hydrogen-bond acceptors (Lipinski definition) is 7. The lowest BCUT2D eigenvalue weighted by atomic mass is 10.2. The number of nitrogens with one attached hydrogen (secondary N) is 1. The Morgan fingerprint density at radius 1 is 1.21 bits per heavy atom. The second-order valence-corrected chi connectivity index (χ2v) is 7.64. The Morgan fingerprint density at radius 3 is 2.61 bits per heavy atom. The third-order valence-electron chi connectivity index (χ3n) is 3.59. The molecule has 1 N–H and O–H groups in total. The molecule has 0 spiro atoms. The van der Waals surface area contributed by atoms with E-state index >= 15 is 0 Å². The van der Waals surface area contributed by atoms with Crippen molar-refractivity contribution in [1.29, 1.82) is 0 Å². The van der Waals surface area contributed by atoms with Crippen molar-refractivity contribution in [1.82, 2.24) is 20.2 Å². The van der Waals surface area contributed by atoms with Gasteiger partial charge in [0.25, 0.3) is 0 Å². The number of anilines is 1. The van der Waals surface area contributed by atoms with Gasteiger partial charge in [-0.3, -0.25) is 4.79 Å². The molecular weight excluding hydrogens is 470 g/mol. The molecule has 0 unspecified atom stereocenters. The van der Waals surface area contributed by atoms with Crippen molar-refractivity contribution < 1.29 is 14.3 Å². The van der Waals surface area contributed by atoms with E-state index in [-0.39, 0.29) is 11.7 Å². The predicted molar refractivity (Wildman–Crippen MR) is 111 cm³/mol. The quantitative estimate of drug-likeness (QED) is 0.510. The molecular formula is C17H15BrClN5O3S. The summed E-state index contributed by atoms with van der Waals surface area (Å²) in [6.07, 6.45) is 0. The van der Waals surface area contributed by atoms with Crippen LogP contribution in [0.25, 0.3) is 5.69 Å². The first-order chi connectivity index (χ1) is 13.5. The molecule has 0 saturated heterocycles. The van der Waals surface area contributed by atoms with Crippen LogP contribution in [0.4, 0.5) is 5.69 Å². The maximum Gasteiger partial charge on any atom is 0.234 e.